The molecule has 0 aromatic rings. The van der Waals surface area contributed by atoms with Gasteiger partial charge in [0.25, 0.3) is 0 Å². The van der Waals surface area contributed by atoms with Gasteiger partial charge in [0.05, 0.1) is 0 Å². The molecular formula is C8H22N2O3Si. The third kappa shape index (κ3) is 5.04. The molecule has 0 bridgehead atoms. The first-order valence-electron chi connectivity index (χ1n) is 5.23. The Labute approximate surface area is 88.7 Å². The van der Waals surface area contributed by atoms with Gasteiger partial charge in [-0.25, -0.2) is 0 Å². The summed E-state index contributed by atoms with van der Waals surface area (Å²) in [6.07, 6.45) is 0.844. The Hall–Kier alpha value is 0.0169. The standard InChI is InChI=1S/C8H22N2O3Si/c1-11-14(12-2,13-3)8-4-6-10-7-5-9/h10H,4-9H2,1-3H3/i7T. The summed E-state index contributed by atoms with van der Waals surface area (Å²) in [7, 11) is 2.36. The van der Waals surface area contributed by atoms with Gasteiger partial charge in [-0.15, -0.1) is 0 Å². The molecule has 0 amide bonds. The van der Waals surface area contributed by atoms with Crippen LogP contribution in [-0.2, 0) is 13.3 Å². The van der Waals surface area contributed by atoms with Crippen LogP contribution >= 0.6 is 0 Å². The van der Waals surface area contributed by atoms with Crippen LogP contribution in [0.5, 0.6) is 0 Å². The second-order valence-electron chi connectivity index (χ2n) is 2.79. The molecule has 0 saturated carbocycles. The highest BCUT2D eigenvalue weighted by molar-refractivity contribution is 6.60. The Balaban J connectivity index is 3.72. The largest absolute Gasteiger partial charge is 0.500 e. The van der Waals surface area contributed by atoms with Crippen molar-refractivity contribution in [1.29, 1.82) is 0 Å². The van der Waals surface area contributed by atoms with Crippen LogP contribution in [0.25, 0.3) is 0 Å². The normalized spacial score (nSPS) is 15.3. The molecule has 6 heteroatoms. The Morgan fingerprint density at radius 2 is 1.86 bits per heavy atom. The van der Waals surface area contributed by atoms with E-state index in [4.69, 9.17) is 20.4 Å². The van der Waals surface area contributed by atoms with Gasteiger partial charge in [-0.05, 0) is 13.0 Å². The molecule has 5 nitrogen and oxygen atoms in total. The first-order valence-corrected chi connectivity index (χ1v) is 6.58. The zero-order chi connectivity index (χ0) is 11.7. The van der Waals surface area contributed by atoms with E-state index in [1.807, 2.05) is 0 Å². The monoisotopic (exact) mass is 224 g/mol. The van der Waals surface area contributed by atoms with E-state index in [1.165, 1.54) is 0 Å². The van der Waals surface area contributed by atoms with Crippen LogP contribution in [-0.4, -0.2) is 49.7 Å². The van der Waals surface area contributed by atoms with Gasteiger partial charge in [0, 0.05) is 41.8 Å². The summed E-state index contributed by atoms with van der Waals surface area (Å²) in [5, 5.41) is 2.97. The van der Waals surface area contributed by atoms with Gasteiger partial charge in [0.1, 0.15) is 0 Å². The minimum atomic E-state index is -2.43. The molecule has 0 aliphatic rings. The molecule has 1 atom stereocenters. The predicted molar refractivity (Wildman–Crippen MR) is 58.1 cm³/mol. The van der Waals surface area contributed by atoms with E-state index in [9.17, 15) is 0 Å². The molecular weight excluding hydrogens is 200 g/mol. The molecule has 0 rings (SSSR count). The summed E-state index contributed by atoms with van der Waals surface area (Å²) >= 11 is 0. The molecule has 0 aromatic heterocycles. The van der Waals surface area contributed by atoms with Crippen molar-refractivity contribution in [3.05, 3.63) is 0 Å². The van der Waals surface area contributed by atoms with E-state index in [0.717, 1.165) is 19.0 Å². The highest BCUT2D eigenvalue weighted by Gasteiger charge is 2.36. The van der Waals surface area contributed by atoms with E-state index >= 15 is 0 Å². The van der Waals surface area contributed by atoms with Crippen LogP contribution in [0.4, 0.5) is 0 Å². The van der Waals surface area contributed by atoms with Gasteiger partial charge in [0.15, 0.2) is 0 Å². The minimum Gasteiger partial charge on any atom is -0.377 e. The van der Waals surface area contributed by atoms with Crippen LogP contribution in [0.2, 0.25) is 6.04 Å². The molecule has 0 heterocycles. The molecule has 0 aliphatic carbocycles. The van der Waals surface area contributed by atoms with Gasteiger partial charge >= 0.3 is 8.80 Å². The maximum atomic E-state index is 7.37. The van der Waals surface area contributed by atoms with Crippen molar-refractivity contribution in [2.75, 3.05) is 40.9 Å². The van der Waals surface area contributed by atoms with Gasteiger partial charge in [-0.3, -0.25) is 0 Å². The van der Waals surface area contributed by atoms with Crippen LogP contribution in [0.1, 0.15) is 7.79 Å². The predicted octanol–water partition coefficient (Wildman–Crippen LogP) is -0.197. The molecule has 0 aliphatic heterocycles. The summed E-state index contributed by atoms with van der Waals surface area (Å²) in [6, 6.07) is 0.737. The lowest BCUT2D eigenvalue weighted by Crippen LogP contribution is -2.43. The minimum absolute atomic E-state index is 0.321. The van der Waals surface area contributed by atoms with Crippen LogP contribution in [0.3, 0.4) is 0 Å². The van der Waals surface area contributed by atoms with E-state index in [2.05, 4.69) is 5.32 Å². The lowest BCUT2D eigenvalue weighted by molar-refractivity contribution is 0.123. The Bertz CT molecular complexity index is 153. The number of hydrogen-bond acceptors (Lipinski definition) is 5. The summed E-state index contributed by atoms with van der Waals surface area (Å²) in [6.45, 7) is 0.645. The molecule has 0 saturated heterocycles. The fourth-order valence-corrected chi connectivity index (χ4v) is 2.87. The molecule has 14 heavy (non-hydrogen) atoms. The molecule has 0 fully saturated rings. The zero-order valence-corrected chi connectivity index (χ0v) is 10.2. The smallest absolute Gasteiger partial charge is 0.377 e. The second kappa shape index (κ2) is 8.34. The van der Waals surface area contributed by atoms with Crippen molar-refractivity contribution in [3.63, 3.8) is 0 Å². The third-order valence-electron chi connectivity index (χ3n) is 2.00. The van der Waals surface area contributed by atoms with E-state index < -0.39 is 15.3 Å². The summed E-state index contributed by atoms with van der Waals surface area (Å²) in [5.74, 6) is 0. The quantitative estimate of drug-likeness (QED) is 0.419. The van der Waals surface area contributed by atoms with Crippen LogP contribution < -0.4 is 11.1 Å². The van der Waals surface area contributed by atoms with Crippen LogP contribution in [0, 0.1) is 0 Å². The van der Waals surface area contributed by atoms with E-state index in [0.29, 0.717) is 6.54 Å². The SMILES string of the molecule is [3H]C(CN)NCCC[Si](OC)(OC)OC. The molecule has 1 unspecified atom stereocenters. The van der Waals surface area contributed by atoms with Gasteiger partial charge < -0.3 is 24.3 Å². The van der Waals surface area contributed by atoms with Gasteiger partial charge in [-0.1, -0.05) is 0 Å². The fraction of sp³-hybridized carbons (Fsp3) is 1.00. The van der Waals surface area contributed by atoms with Crippen molar-refractivity contribution in [2.45, 2.75) is 12.5 Å². The van der Waals surface area contributed by atoms with Crippen molar-refractivity contribution in [2.24, 2.45) is 5.73 Å². The fourth-order valence-electron chi connectivity index (χ4n) is 1.15. The Morgan fingerprint density at radius 1 is 1.29 bits per heavy atom. The van der Waals surface area contributed by atoms with Crippen molar-refractivity contribution in [1.82, 2.24) is 5.32 Å². The van der Waals surface area contributed by atoms with Crippen molar-refractivity contribution >= 4 is 8.80 Å². The molecule has 0 aromatic carbocycles. The molecule has 0 radical (unpaired) electrons. The van der Waals surface area contributed by atoms with E-state index in [-0.39, 0.29) is 0 Å². The third-order valence-corrected chi connectivity index (χ3v) is 4.83. The summed E-state index contributed by atoms with van der Waals surface area (Å²) in [4.78, 5) is 0. The van der Waals surface area contributed by atoms with Crippen molar-refractivity contribution < 1.29 is 14.6 Å². The first kappa shape index (κ1) is 12.1. The molecule has 86 valence electrons. The van der Waals surface area contributed by atoms with Gasteiger partial charge in [-0.2, -0.15) is 0 Å². The topological polar surface area (TPSA) is 65.7 Å². The zero-order valence-electron chi connectivity index (χ0n) is 10.2. The van der Waals surface area contributed by atoms with E-state index in [1.54, 1.807) is 21.3 Å². The number of rotatable bonds is 9. The average Bonchev–Trinajstić information content (AvgIpc) is 2.30. The first-order chi connectivity index (χ1) is 7.14. The number of hydrogen-bond donors (Lipinski definition) is 2. The Morgan fingerprint density at radius 3 is 2.29 bits per heavy atom. The van der Waals surface area contributed by atoms with Crippen LogP contribution in [0.15, 0.2) is 0 Å². The lowest BCUT2D eigenvalue weighted by atomic mass is 10.5. The molecule has 3 N–H and O–H groups in total. The highest BCUT2D eigenvalue weighted by Crippen LogP contribution is 2.13. The summed E-state index contributed by atoms with van der Waals surface area (Å²) in [5.41, 5.74) is 5.30. The van der Waals surface area contributed by atoms with Gasteiger partial charge in [0.2, 0.25) is 0 Å². The lowest BCUT2D eigenvalue weighted by Gasteiger charge is -2.24. The Kier molecular flexibility index (Phi) is 7.20. The average molecular weight is 224 g/mol. The summed E-state index contributed by atoms with van der Waals surface area (Å²) < 4.78 is 23.2. The number of nitrogens with one attached hydrogen (secondary N) is 1. The molecule has 0 spiro atoms. The number of nitrogens with two attached hydrogens (primary N) is 1. The maximum absolute atomic E-state index is 7.37. The highest BCUT2D eigenvalue weighted by atomic mass is 28.4. The maximum Gasteiger partial charge on any atom is 0.500 e. The second-order valence-corrected chi connectivity index (χ2v) is 5.88. The van der Waals surface area contributed by atoms with Crippen molar-refractivity contribution in [3.8, 4) is 0 Å².